The van der Waals surface area contributed by atoms with E-state index in [4.69, 9.17) is 4.42 Å². The van der Waals surface area contributed by atoms with Crippen molar-refractivity contribution in [2.45, 2.75) is 6.54 Å². The first kappa shape index (κ1) is 12.6. The van der Waals surface area contributed by atoms with Crippen LogP contribution < -0.4 is 5.32 Å². The first-order valence-electron chi connectivity index (χ1n) is 5.99. The number of rotatable bonds is 4. The number of amides is 1. The minimum Gasteiger partial charge on any atom is -0.472 e. The molecule has 0 bridgehead atoms. The zero-order valence-corrected chi connectivity index (χ0v) is 11.3. The van der Waals surface area contributed by atoms with E-state index in [2.05, 4.69) is 15.3 Å². The molecule has 0 fully saturated rings. The van der Waals surface area contributed by atoms with Crippen molar-refractivity contribution in [1.82, 2.24) is 15.3 Å². The molecule has 1 N–H and O–H groups in total. The predicted octanol–water partition coefficient (Wildman–Crippen LogP) is 2.73. The number of nitrogens with zero attached hydrogens (tertiary/aromatic N) is 2. The van der Waals surface area contributed by atoms with Gasteiger partial charge in [0.15, 0.2) is 0 Å². The van der Waals surface area contributed by atoms with Gasteiger partial charge in [-0.25, -0.2) is 0 Å². The molecule has 100 valence electrons. The third-order valence-corrected chi connectivity index (χ3v) is 3.60. The van der Waals surface area contributed by atoms with Crippen LogP contribution in [0.2, 0.25) is 0 Å². The molecular formula is C14H11N3O2S. The minimum atomic E-state index is -0.193. The van der Waals surface area contributed by atoms with Crippen molar-refractivity contribution in [2.24, 2.45) is 0 Å². The first-order valence-corrected chi connectivity index (χ1v) is 6.87. The van der Waals surface area contributed by atoms with E-state index in [0.717, 1.165) is 16.3 Å². The standard InChI is InChI=1S/C14H11N3O2S/c18-14(10-3-6-19-9-10)17-8-11-13(16-5-4-15-11)12-2-1-7-20-12/h1-7,9H,8H2,(H,17,18). The average molecular weight is 285 g/mol. The van der Waals surface area contributed by atoms with Crippen molar-refractivity contribution in [1.29, 1.82) is 0 Å². The smallest absolute Gasteiger partial charge is 0.254 e. The van der Waals surface area contributed by atoms with Gasteiger partial charge in [0.25, 0.3) is 5.91 Å². The fourth-order valence-electron chi connectivity index (χ4n) is 1.78. The van der Waals surface area contributed by atoms with Gasteiger partial charge in [0, 0.05) is 12.4 Å². The van der Waals surface area contributed by atoms with E-state index in [-0.39, 0.29) is 5.91 Å². The van der Waals surface area contributed by atoms with E-state index in [1.54, 1.807) is 29.8 Å². The third-order valence-electron chi connectivity index (χ3n) is 2.73. The molecule has 0 aliphatic carbocycles. The van der Waals surface area contributed by atoms with Crippen LogP contribution in [0.3, 0.4) is 0 Å². The number of carbonyl (C=O) groups excluding carboxylic acids is 1. The highest BCUT2D eigenvalue weighted by Gasteiger charge is 2.11. The normalized spacial score (nSPS) is 10.4. The molecule has 0 aromatic carbocycles. The van der Waals surface area contributed by atoms with Gasteiger partial charge in [-0.2, -0.15) is 0 Å². The Balaban J connectivity index is 1.77. The second-order valence-electron chi connectivity index (χ2n) is 4.02. The zero-order valence-electron chi connectivity index (χ0n) is 10.4. The van der Waals surface area contributed by atoms with Crippen LogP contribution in [0, 0.1) is 0 Å². The van der Waals surface area contributed by atoms with E-state index < -0.39 is 0 Å². The lowest BCUT2D eigenvalue weighted by atomic mass is 10.2. The number of hydrogen-bond acceptors (Lipinski definition) is 5. The van der Waals surface area contributed by atoms with Gasteiger partial charge in [0.05, 0.1) is 28.9 Å². The maximum absolute atomic E-state index is 11.9. The Morgan fingerprint density at radius 3 is 2.95 bits per heavy atom. The Labute approximate surface area is 119 Å². The van der Waals surface area contributed by atoms with Crippen LogP contribution in [0.25, 0.3) is 10.6 Å². The summed E-state index contributed by atoms with van der Waals surface area (Å²) >= 11 is 1.59. The van der Waals surface area contributed by atoms with E-state index in [9.17, 15) is 4.79 Å². The zero-order chi connectivity index (χ0) is 13.8. The number of carbonyl (C=O) groups is 1. The summed E-state index contributed by atoms with van der Waals surface area (Å²) in [7, 11) is 0. The molecule has 0 saturated heterocycles. The molecule has 5 nitrogen and oxygen atoms in total. The molecule has 3 rings (SSSR count). The number of aromatic nitrogens is 2. The number of furan rings is 1. The summed E-state index contributed by atoms with van der Waals surface area (Å²) in [5.41, 5.74) is 2.04. The number of thiophene rings is 1. The van der Waals surface area contributed by atoms with Crippen LogP contribution in [0.15, 0.2) is 52.9 Å². The van der Waals surface area contributed by atoms with E-state index in [1.807, 2.05) is 17.5 Å². The molecule has 0 atom stereocenters. The van der Waals surface area contributed by atoms with Gasteiger partial charge in [-0.3, -0.25) is 14.8 Å². The highest BCUT2D eigenvalue weighted by molar-refractivity contribution is 7.13. The van der Waals surface area contributed by atoms with Crippen LogP contribution in [-0.2, 0) is 6.54 Å². The topological polar surface area (TPSA) is 68.0 Å². The molecule has 1 amide bonds. The molecular weight excluding hydrogens is 274 g/mol. The Hall–Kier alpha value is -2.47. The largest absolute Gasteiger partial charge is 0.472 e. The van der Waals surface area contributed by atoms with Gasteiger partial charge in [-0.15, -0.1) is 11.3 Å². The molecule has 3 aromatic heterocycles. The molecule has 0 saturated carbocycles. The molecule has 6 heteroatoms. The molecule has 0 aliphatic rings. The summed E-state index contributed by atoms with van der Waals surface area (Å²) in [5, 5.41) is 4.79. The average Bonchev–Trinajstić information content (AvgIpc) is 3.17. The van der Waals surface area contributed by atoms with Crippen molar-refractivity contribution in [2.75, 3.05) is 0 Å². The lowest BCUT2D eigenvalue weighted by Crippen LogP contribution is -2.23. The van der Waals surface area contributed by atoms with Crippen molar-refractivity contribution in [3.63, 3.8) is 0 Å². The Bertz CT molecular complexity index is 693. The summed E-state index contributed by atoms with van der Waals surface area (Å²) in [5.74, 6) is -0.193. The molecule has 0 radical (unpaired) electrons. The van der Waals surface area contributed by atoms with Crippen LogP contribution in [-0.4, -0.2) is 15.9 Å². The molecule has 20 heavy (non-hydrogen) atoms. The first-order chi connectivity index (χ1) is 9.84. The number of nitrogens with one attached hydrogen (secondary N) is 1. The monoisotopic (exact) mass is 285 g/mol. The van der Waals surface area contributed by atoms with Gasteiger partial charge in [-0.05, 0) is 17.5 Å². The molecule has 0 spiro atoms. The van der Waals surface area contributed by atoms with Crippen molar-refractivity contribution < 1.29 is 9.21 Å². The lowest BCUT2D eigenvalue weighted by molar-refractivity contribution is 0.0950. The summed E-state index contributed by atoms with van der Waals surface area (Å²) in [6, 6.07) is 5.56. The van der Waals surface area contributed by atoms with Crippen molar-refractivity contribution >= 4 is 17.2 Å². The molecule has 3 heterocycles. The maximum atomic E-state index is 11.9. The van der Waals surface area contributed by atoms with Crippen LogP contribution in [0.5, 0.6) is 0 Å². The molecule has 0 aliphatic heterocycles. The van der Waals surface area contributed by atoms with Crippen molar-refractivity contribution in [3.05, 3.63) is 59.8 Å². The van der Waals surface area contributed by atoms with Gasteiger partial charge in [-0.1, -0.05) is 6.07 Å². The second kappa shape index (κ2) is 5.66. The van der Waals surface area contributed by atoms with Crippen LogP contribution >= 0.6 is 11.3 Å². The minimum absolute atomic E-state index is 0.193. The predicted molar refractivity (Wildman–Crippen MR) is 75.2 cm³/mol. The van der Waals surface area contributed by atoms with Crippen LogP contribution in [0.4, 0.5) is 0 Å². The van der Waals surface area contributed by atoms with E-state index >= 15 is 0 Å². The second-order valence-corrected chi connectivity index (χ2v) is 4.97. The van der Waals surface area contributed by atoms with Gasteiger partial charge in [0.2, 0.25) is 0 Å². The van der Waals surface area contributed by atoms with Gasteiger partial charge >= 0.3 is 0 Å². The van der Waals surface area contributed by atoms with Gasteiger partial charge in [0.1, 0.15) is 12.0 Å². The summed E-state index contributed by atoms with van der Waals surface area (Å²) < 4.78 is 4.88. The quantitative estimate of drug-likeness (QED) is 0.800. The highest BCUT2D eigenvalue weighted by atomic mass is 32.1. The van der Waals surface area contributed by atoms with E-state index in [1.165, 1.54) is 12.5 Å². The van der Waals surface area contributed by atoms with Crippen molar-refractivity contribution in [3.8, 4) is 10.6 Å². The van der Waals surface area contributed by atoms with Crippen LogP contribution in [0.1, 0.15) is 16.1 Å². The Kier molecular flexibility index (Phi) is 3.56. The summed E-state index contributed by atoms with van der Waals surface area (Å²) in [6.07, 6.45) is 6.15. The molecule has 0 unspecified atom stereocenters. The maximum Gasteiger partial charge on any atom is 0.254 e. The lowest BCUT2D eigenvalue weighted by Gasteiger charge is -2.06. The number of hydrogen-bond donors (Lipinski definition) is 1. The highest BCUT2D eigenvalue weighted by Crippen LogP contribution is 2.24. The Morgan fingerprint density at radius 2 is 2.20 bits per heavy atom. The summed E-state index contributed by atoms with van der Waals surface area (Å²) in [4.78, 5) is 21.5. The Morgan fingerprint density at radius 1 is 1.30 bits per heavy atom. The van der Waals surface area contributed by atoms with Gasteiger partial charge < -0.3 is 9.73 Å². The fraction of sp³-hybridized carbons (Fsp3) is 0.0714. The van der Waals surface area contributed by atoms with E-state index in [0.29, 0.717) is 12.1 Å². The summed E-state index contributed by atoms with van der Waals surface area (Å²) in [6.45, 7) is 0.324. The third kappa shape index (κ3) is 2.60. The fourth-order valence-corrected chi connectivity index (χ4v) is 2.52. The SMILES string of the molecule is O=C(NCc1nccnc1-c1cccs1)c1ccoc1. The molecule has 3 aromatic rings.